The van der Waals surface area contributed by atoms with Crippen molar-refractivity contribution in [3.8, 4) is 0 Å². The first-order valence-corrected chi connectivity index (χ1v) is 12.4. The molecule has 2 N–H and O–H groups in total. The van der Waals surface area contributed by atoms with Crippen molar-refractivity contribution in [3.05, 3.63) is 101 Å². The molecule has 0 saturated heterocycles. The summed E-state index contributed by atoms with van der Waals surface area (Å²) in [4.78, 5) is 13.3. The summed E-state index contributed by atoms with van der Waals surface area (Å²) >= 11 is 0. The fraction of sp³-hybridized carbons (Fsp3) is 0.148. The fourth-order valence-electron chi connectivity index (χ4n) is 4.34. The number of nitrogens with one attached hydrogen (secondary N) is 2. The Morgan fingerprint density at radius 3 is 2.30 bits per heavy atom. The van der Waals surface area contributed by atoms with Crippen LogP contribution in [0.5, 0.6) is 0 Å². The van der Waals surface area contributed by atoms with Gasteiger partial charge >= 0.3 is 0 Å². The molecule has 6 heteroatoms. The Hall–Kier alpha value is -3.64. The molecule has 0 radical (unpaired) electrons. The van der Waals surface area contributed by atoms with Gasteiger partial charge in [-0.3, -0.25) is 9.52 Å². The van der Waals surface area contributed by atoms with Crippen LogP contribution in [0.2, 0.25) is 0 Å². The first-order chi connectivity index (χ1) is 15.8. The largest absolute Gasteiger partial charge is 0.321 e. The third kappa shape index (κ3) is 3.98. The first-order valence-electron chi connectivity index (χ1n) is 10.9. The normalized spacial score (nSPS) is 12.7. The lowest BCUT2D eigenvalue weighted by Gasteiger charge is -2.14. The van der Waals surface area contributed by atoms with E-state index in [-0.39, 0.29) is 10.8 Å². The van der Waals surface area contributed by atoms with Crippen molar-refractivity contribution >= 4 is 38.1 Å². The molecule has 5 nitrogen and oxygen atoms in total. The molecule has 5 rings (SSSR count). The number of carbonyl (C=O) groups excluding carboxylic acids is 1. The number of carbonyl (C=O) groups is 1. The van der Waals surface area contributed by atoms with Gasteiger partial charge in [0.05, 0.1) is 10.6 Å². The fourth-order valence-corrected chi connectivity index (χ4v) is 5.47. The van der Waals surface area contributed by atoms with Gasteiger partial charge in [-0.25, -0.2) is 8.42 Å². The maximum Gasteiger partial charge on any atom is 0.261 e. The van der Waals surface area contributed by atoms with Crippen molar-refractivity contribution in [2.45, 2.75) is 31.6 Å². The van der Waals surface area contributed by atoms with Gasteiger partial charge in [0.25, 0.3) is 15.9 Å². The molecule has 4 aromatic rings. The molecule has 0 aliphatic heterocycles. The Morgan fingerprint density at radius 2 is 1.55 bits per heavy atom. The number of amides is 1. The second kappa shape index (κ2) is 8.05. The molecule has 0 atom stereocenters. The van der Waals surface area contributed by atoms with E-state index in [0.29, 0.717) is 11.3 Å². The zero-order valence-corrected chi connectivity index (χ0v) is 19.3. The number of anilines is 2. The molecule has 0 aromatic heterocycles. The van der Waals surface area contributed by atoms with Crippen LogP contribution in [0.25, 0.3) is 10.8 Å². The van der Waals surface area contributed by atoms with Crippen LogP contribution in [0.4, 0.5) is 11.4 Å². The van der Waals surface area contributed by atoms with Gasteiger partial charge in [0, 0.05) is 16.6 Å². The van der Waals surface area contributed by atoms with Gasteiger partial charge in [-0.1, -0.05) is 48.0 Å². The quantitative estimate of drug-likeness (QED) is 0.410. The van der Waals surface area contributed by atoms with E-state index in [4.69, 9.17) is 0 Å². The zero-order chi connectivity index (χ0) is 23.2. The predicted octanol–water partition coefficient (Wildman–Crippen LogP) is 5.61. The van der Waals surface area contributed by atoms with E-state index in [1.807, 2.05) is 25.1 Å². The molecular weight excluding hydrogens is 432 g/mol. The molecule has 4 aromatic carbocycles. The molecule has 0 spiro atoms. The summed E-state index contributed by atoms with van der Waals surface area (Å²) in [6, 6.07) is 21.9. The average Bonchev–Trinajstić information content (AvgIpc) is 3.22. The molecule has 0 saturated carbocycles. The Morgan fingerprint density at radius 1 is 0.818 bits per heavy atom. The van der Waals surface area contributed by atoms with E-state index in [0.717, 1.165) is 35.0 Å². The number of hydrogen-bond acceptors (Lipinski definition) is 3. The highest BCUT2D eigenvalue weighted by Crippen LogP contribution is 2.35. The monoisotopic (exact) mass is 456 g/mol. The minimum atomic E-state index is -3.77. The van der Waals surface area contributed by atoms with Crippen LogP contribution in [-0.4, -0.2) is 14.3 Å². The van der Waals surface area contributed by atoms with Gasteiger partial charge in [0.1, 0.15) is 0 Å². The molecule has 166 valence electrons. The van der Waals surface area contributed by atoms with Gasteiger partial charge in [-0.2, -0.15) is 0 Å². The summed E-state index contributed by atoms with van der Waals surface area (Å²) in [7, 11) is -3.77. The summed E-state index contributed by atoms with van der Waals surface area (Å²) < 4.78 is 28.3. The molecular formula is C27H24N2O3S. The highest BCUT2D eigenvalue weighted by atomic mass is 32.2. The number of hydrogen-bond donors (Lipinski definition) is 2. The summed E-state index contributed by atoms with van der Waals surface area (Å²) in [6.45, 7) is 3.70. The number of benzene rings is 4. The Labute approximate surface area is 193 Å². The van der Waals surface area contributed by atoms with Crippen LogP contribution in [0.1, 0.15) is 32.6 Å². The van der Waals surface area contributed by atoms with Gasteiger partial charge in [0.2, 0.25) is 0 Å². The lowest BCUT2D eigenvalue weighted by Crippen LogP contribution is -2.16. The second-order valence-electron chi connectivity index (χ2n) is 8.51. The molecule has 33 heavy (non-hydrogen) atoms. The Balaban J connectivity index is 1.43. The first kappa shape index (κ1) is 21.2. The summed E-state index contributed by atoms with van der Waals surface area (Å²) in [5.74, 6) is -0.288. The zero-order valence-electron chi connectivity index (χ0n) is 18.5. The van der Waals surface area contributed by atoms with Crippen LogP contribution in [0, 0.1) is 13.8 Å². The lowest BCUT2D eigenvalue weighted by atomic mass is 10.0. The average molecular weight is 457 g/mol. The minimum absolute atomic E-state index is 0.176. The van der Waals surface area contributed by atoms with E-state index >= 15 is 0 Å². The maximum absolute atomic E-state index is 13.1. The molecule has 1 amide bonds. The van der Waals surface area contributed by atoms with E-state index in [9.17, 15) is 13.2 Å². The van der Waals surface area contributed by atoms with E-state index < -0.39 is 10.0 Å². The summed E-state index contributed by atoms with van der Waals surface area (Å²) in [5, 5.41) is 5.27. The van der Waals surface area contributed by atoms with Crippen molar-refractivity contribution in [2.24, 2.45) is 0 Å². The van der Waals surface area contributed by atoms with Gasteiger partial charge in [0.15, 0.2) is 0 Å². The molecule has 0 unspecified atom stereocenters. The molecule has 1 aliphatic rings. The number of sulfonamides is 1. The Kier molecular flexibility index (Phi) is 5.17. The van der Waals surface area contributed by atoms with Crippen LogP contribution in [0.15, 0.2) is 77.7 Å². The SMILES string of the molecule is Cc1ccc(S(=O)(=O)Nc2cc(C(=O)Nc3ccc4c5c(cccc35)CC4)ccc2C)cc1. The molecule has 1 aliphatic carbocycles. The summed E-state index contributed by atoms with van der Waals surface area (Å²) in [6.07, 6.45) is 2.04. The Bertz CT molecular complexity index is 1500. The standard InChI is InChI=1S/C27H24N2O3S/c1-17-6-13-22(14-7-17)33(31,32)29-25-16-21(9-8-18(25)2)27(30)28-24-15-12-20-11-10-19-4-3-5-23(24)26(19)20/h3-9,12-16,29H,10-11H2,1-2H3,(H,28,30). The number of rotatable bonds is 5. The topological polar surface area (TPSA) is 75.3 Å². The maximum atomic E-state index is 13.1. The number of aryl methyl sites for hydroxylation is 4. The third-order valence-corrected chi connectivity index (χ3v) is 7.58. The minimum Gasteiger partial charge on any atom is -0.321 e. The van der Waals surface area contributed by atoms with Crippen molar-refractivity contribution < 1.29 is 13.2 Å². The predicted molar refractivity (Wildman–Crippen MR) is 132 cm³/mol. The van der Waals surface area contributed by atoms with E-state index in [2.05, 4.69) is 22.2 Å². The highest BCUT2D eigenvalue weighted by Gasteiger charge is 2.19. The van der Waals surface area contributed by atoms with Crippen molar-refractivity contribution in [1.29, 1.82) is 0 Å². The van der Waals surface area contributed by atoms with E-state index in [1.165, 1.54) is 16.5 Å². The second-order valence-corrected chi connectivity index (χ2v) is 10.2. The van der Waals surface area contributed by atoms with Crippen molar-refractivity contribution in [1.82, 2.24) is 0 Å². The van der Waals surface area contributed by atoms with Gasteiger partial charge in [-0.05, 0) is 79.1 Å². The van der Waals surface area contributed by atoms with Crippen LogP contribution in [-0.2, 0) is 22.9 Å². The molecule has 0 heterocycles. The van der Waals surface area contributed by atoms with E-state index in [1.54, 1.807) is 49.4 Å². The van der Waals surface area contributed by atoms with Crippen LogP contribution >= 0.6 is 0 Å². The smallest absolute Gasteiger partial charge is 0.261 e. The third-order valence-electron chi connectivity index (χ3n) is 6.20. The summed E-state index contributed by atoms with van der Waals surface area (Å²) in [5.41, 5.74) is 5.84. The van der Waals surface area contributed by atoms with Crippen molar-refractivity contribution in [2.75, 3.05) is 10.0 Å². The van der Waals surface area contributed by atoms with Crippen LogP contribution < -0.4 is 10.0 Å². The molecule has 0 bridgehead atoms. The van der Waals surface area contributed by atoms with Crippen LogP contribution in [0.3, 0.4) is 0 Å². The lowest BCUT2D eigenvalue weighted by molar-refractivity contribution is 0.102. The molecule has 0 fully saturated rings. The van der Waals surface area contributed by atoms with Crippen molar-refractivity contribution in [3.63, 3.8) is 0 Å². The van der Waals surface area contributed by atoms with Gasteiger partial charge < -0.3 is 5.32 Å². The van der Waals surface area contributed by atoms with Gasteiger partial charge in [-0.15, -0.1) is 0 Å². The highest BCUT2D eigenvalue weighted by molar-refractivity contribution is 7.92.